The number of anilines is 1. The molecule has 1 aliphatic heterocycles. The molecule has 4 aromatic rings. The summed E-state index contributed by atoms with van der Waals surface area (Å²) in [5.41, 5.74) is 0.614. The summed E-state index contributed by atoms with van der Waals surface area (Å²) in [6.07, 6.45) is 7.15. The molecule has 1 aromatic carbocycles. The number of hydrogen-bond donors (Lipinski definition) is 2. The molecular formula is C24H23F2N7O4S. The van der Waals surface area contributed by atoms with Gasteiger partial charge in [0.1, 0.15) is 11.3 Å². The molecule has 2 N–H and O–H groups in total. The van der Waals surface area contributed by atoms with Gasteiger partial charge in [0.2, 0.25) is 0 Å². The number of carbonyl (C=O) groups is 1. The topological polar surface area (TPSA) is 135 Å². The van der Waals surface area contributed by atoms with Crippen molar-refractivity contribution in [2.24, 2.45) is 0 Å². The molecule has 4 heterocycles. The van der Waals surface area contributed by atoms with Gasteiger partial charge in [-0.15, -0.1) is 0 Å². The molecule has 2 fully saturated rings. The van der Waals surface area contributed by atoms with Crippen molar-refractivity contribution in [2.45, 2.75) is 35.0 Å². The van der Waals surface area contributed by atoms with Crippen LogP contribution in [0.3, 0.4) is 0 Å². The van der Waals surface area contributed by atoms with Crippen molar-refractivity contribution >= 4 is 27.1 Å². The summed E-state index contributed by atoms with van der Waals surface area (Å²) in [6.45, 7) is -2.44. The highest BCUT2D eigenvalue weighted by Gasteiger charge is 2.50. The lowest BCUT2D eigenvalue weighted by Crippen LogP contribution is -2.58. The minimum atomic E-state index is -3.61. The molecule has 1 saturated heterocycles. The number of hydrogen-bond acceptors (Lipinski definition) is 8. The number of fused-ring (bicyclic) bond motifs is 1. The van der Waals surface area contributed by atoms with Gasteiger partial charge in [-0.25, -0.2) is 17.9 Å². The Kier molecular flexibility index (Phi) is 5.68. The Bertz CT molecular complexity index is 1640. The highest BCUT2D eigenvalue weighted by molar-refractivity contribution is 7.92. The maximum absolute atomic E-state index is 13.4. The SMILES string of the molecule is CN1CC(c2cc(S(=O)(=O)C3CC3)ccc2OC(F)F)(c2[nH]ncc2NC(=O)c2cnn3cccnc23)C1. The Labute approximate surface area is 215 Å². The van der Waals surface area contributed by atoms with E-state index in [0.717, 1.165) is 0 Å². The van der Waals surface area contributed by atoms with Gasteiger partial charge in [0.15, 0.2) is 15.5 Å². The number of sulfone groups is 1. The first-order valence-corrected chi connectivity index (χ1v) is 13.4. The van der Waals surface area contributed by atoms with Crippen LogP contribution in [0.2, 0.25) is 0 Å². The van der Waals surface area contributed by atoms with E-state index < -0.39 is 33.0 Å². The second-order valence-electron chi connectivity index (χ2n) is 9.59. The van der Waals surface area contributed by atoms with E-state index >= 15 is 0 Å². The minimum Gasteiger partial charge on any atom is -0.435 e. The molecule has 6 rings (SSSR count). The van der Waals surface area contributed by atoms with Crippen molar-refractivity contribution in [3.63, 3.8) is 0 Å². The number of likely N-dealkylation sites (N-methyl/N-ethyl adjacent to an activating group) is 1. The first-order chi connectivity index (χ1) is 18.2. The molecule has 0 atom stereocenters. The van der Waals surface area contributed by atoms with E-state index in [1.54, 1.807) is 18.5 Å². The highest BCUT2D eigenvalue weighted by atomic mass is 32.2. The molecule has 1 amide bonds. The summed E-state index contributed by atoms with van der Waals surface area (Å²) in [5.74, 6) is -0.625. The lowest BCUT2D eigenvalue weighted by Gasteiger charge is -2.49. The Morgan fingerprint density at radius 2 is 2.05 bits per heavy atom. The van der Waals surface area contributed by atoms with E-state index in [4.69, 9.17) is 4.74 Å². The maximum Gasteiger partial charge on any atom is 0.387 e. The van der Waals surface area contributed by atoms with E-state index in [2.05, 4.69) is 25.6 Å². The van der Waals surface area contributed by atoms with Crippen LogP contribution >= 0.6 is 0 Å². The first kappa shape index (κ1) is 24.4. The van der Waals surface area contributed by atoms with Crippen LogP contribution < -0.4 is 10.1 Å². The Morgan fingerprint density at radius 1 is 1.26 bits per heavy atom. The van der Waals surface area contributed by atoms with Crippen molar-refractivity contribution in [3.8, 4) is 5.75 Å². The van der Waals surface area contributed by atoms with Crippen LogP contribution in [0.1, 0.15) is 34.5 Å². The van der Waals surface area contributed by atoms with Crippen molar-refractivity contribution < 1.29 is 26.7 Å². The molecule has 1 aliphatic carbocycles. The number of carbonyl (C=O) groups excluding carboxylic acids is 1. The van der Waals surface area contributed by atoms with Gasteiger partial charge in [0, 0.05) is 31.0 Å². The van der Waals surface area contributed by atoms with Gasteiger partial charge >= 0.3 is 6.61 Å². The van der Waals surface area contributed by atoms with E-state index in [1.807, 2.05) is 11.9 Å². The normalized spacial score (nSPS) is 17.5. The van der Waals surface area contributed by atoms with E-state index in [1.165, 1.54) is 35.1 Å². The molecule has 0 unspecified atom stereocenters. The second kappa shape index (κ2) is 8.84. The van der Waals surface area contributed by atoms with Gasteiger partial charge in [-0.2, -0.15) is 19.0 Å². The number of likely N-dealkylation sites (tertiary alicyclic amines) is 1. The zero-order chi connectivity index (χ0) is 26.7. The number of aromatic amines is 1. The summed E-state index contributed by atoms with van der Waals surface area (Å²) in [4.78, 5) is 19.4. The molecule has 11 nitrogen and oxygen atoms in total. The van der Waals surface area contributed by atoms with Crippen LogP contribution in [-0.2, 0) is 15.3 Å². The molecule has 198 valence electrons. The number of rotatable bonds is 8. The first-order valence-electron chi connectivity index (χ1n) is 11.8. The number of amides is 1. The molecule has 2 aliphatic rings. The summed E-state index contributed by atoms with van der Waals surface area (Å²) < 4.78 is 59.2. The quantitative estimate of drug-likeness (QED) is 0.346. The molecule has 1 saturated carbocycles. The van der Waals surface area contributed by atoms with Crippen LogP contribution in [-0.4, -0.2) is 76.0 Å². The maximum atomic E-state index is 13.4. The third kappa shape index (κ3) is 4.00. The van der Waals surface area contributed by atoms with Crippen molar-refractivity contribution in [1.82, 2.24) is 29.7 Å². The zero-order valence-corrected chi connectivity index (χ0v) is 21.0. The average Bonchev–Trinajstić information content (AvgIpc) is 3.49. The van der Waals surface area contributed by atoms with Crippen molar-refractivity contribution in [1.29, 1.82) is 0 Å². The number of halogens is 2. The Hall–Kier alpha value is -3.91. The third-order valence-electron chi connectivity index (χ3n) is 6.94. The third-order valence-corrected chi connectivity index (χ3v) is 9.20. The van der Waals surface area contributed by atoms with Gasteiger partial charge in [-0.1, -0.05) is 0 Å². The fraction of sp³-hybridized carbons (Fsp3) is 0.333. The molecule has 0 bridgehead atoms. The van der Waals surface area contributed by atoms with E-state index in [9.17, 15) is 22.0 Å². The molecule has 3 aromatic heterocycles. The average molecular weight is 544 g/mol. The van der Waals surface area contributed by atoms with Crippen LogP contribution in [0, 0.1) is 0 Å². The van der Waals surface area contributed by atoms with Crippen LogP contribution in [0.4, 0.5) is 14.5 Å². The Balaban J connectivity index is 1.43. The number of H-pyrrole nitrogens is 1. The summed E-state index contributed by atoms with van der Waals surface area (Å²) >= 11 is 0. The number of aromatic nitrogens is 5. The molecule has 14 heteroatoms. The predicted octanol–water partition coefficient (Wildman–Crippen LogP) is 2.47. The van der Waals surface area contributed by atoms with E-state index in [0.29, 0.717) is 43.0 Å². The zero-order valence-electron chi connectivity index (χ0n) is 20.1. The monoisotopic (exact) mass is 543 g/mol. The number of alkyl halides is 2. The largest absolute Gasteiger partial charge is 0.435 e. The van der Waals surface area contributed by atoms with Gasteiger partial charge in [-0.3, -0.25) is 9.89 Å². The van der Waals surface area contributed by atoms with Gasteiger partial charge in [0.25, 0.3) is 5.91 Å². The Morgan fingerprint density at radius 3 is 2.76 bits per heavy atom. The number of ether oxygens (including phenoxy) is 1. The number of nitrogens with zero attached hydrogens (tertiary/aromatic N) is 5. The van der Waals surface area contributed by atoms with Crippen molar-refractivity contribution in [3.05, 3.63) is 65.9 Å². The summed E-state index contributed by atoms with van der Waals surface area (Å²) in [5, 5.41) is 13.5. The van der Waals surface area contributed by atoms with Crippen LogP contribution in [0.5, 0.6) is 5.75 Å². The fourth-order valence-corrected chi connectivity index (χ4v) is 6.77. The molecule has 0 radical (unpaired) electrons. The minimum absolute atomic E-state index is 0.0491. The highest BCUT2D eigenvalue weighted by Crippen LogP contribution is 2.47. The molecular weight excluding hydrogens is 520 g/mol. The summed E-state index contributed by atoms with van der Waals surface area (Å²) in [6, 6.07) is 5.68. The number of nitrogens with one attached hydrogen (secondary N) is 2. The van der Waals surface area contributed by atoms with E-state index in [-0.39, 0.29) is 21.8 Å². The standard InChI is InChI=1S/C24H23F2N7O4S/c1-32-12-24(13-32,17-9-15(38(35,36)14-3-4-14)5-6-19(17)37-23(25)26)20-18(11-28-31-20)30-22(34)16-10-29-33-8-2-7-27-21(16)33/h2,5-11,14,23H,3-4,12-13H2,1H3,(H,28,31)(H,30,34). The smallest absolute Gasteiger partial charge is 0.387 e. The van der Waals surface area contributed by atoms with Crippen molar-refractivity contribution in [2.75, 3.05) is 25.5 Å². The number of benzene rings is 1. The summed E-state index contributed by atoms with van der Waals surface area (Å²) in [7, 11) is -1.77. The van der Waals surface area contributed by atoms with Gasteiger partial charge in [0.05, 0.1) is 39.3 Å². The molecule has 0 spiro atoms. The second-order valence-corrected chi connectivity index (χ2v) is 11.8. The predicted molar refractivity (Wildman–Crippen MR) is 131 cm³/mol. The lowest BCUT2D eigenvalue weighted by atomic mass is 9.70. The van der Waals surface area contributed by atoms with Crippen LogP contribution in [0.25, 0.3) is 5.65 Å². The van der Waals surface area contributed by atoms with Gasteiger partial charge in [-0.05, 0) is 44.2 Å². The van der Waals surface area contributed by atoms with Crippen LogP contribution in [0.15, 0.2) is 53.9 Å². The van der Waals surface area contributed by atoms with Gasteiger partial charge < -0.3 is 15.0 Å². The fourth-order valence-electron chi connectivity index (χ4n) is 5.09. The lowest BCUT2D eigenvalue weighted by molar-refractivity contribution is -0.0518. The molecule has 38 heavy (non-hydrogen) atoms.